The van der Waals surface area contributed by atoms with Crippen LogP contribution in [-0.4, -0.2) is 26.2 Å². The Morgan fingerprint density at radius 3 is 2.19 bits per heavy atom. The summed E-state index contributed by atoms with van der Waals surface area (Å²) in [6, 6.07) is 7.01. The fraction of sp³-hybridized carbons (Fsp3) is 0.294. The molecule has 1 aromatic carbocycles. The first kappa shape index (κ1) is 16.3. The minimum absolute atomic E-state index is 0.0247. The monoisotopic (exact) mass is 284 g/mol. The van der Waals surface area contributed by atoms with E-state index < -0.39 is 17.4 Å². The summed E-state index contributed by atoms with van der Waals surface area (Å²) in [6.45, 7) is 0. The minimum Gasteiger partial charge on any atom is -0.468 e. The van der Waals surface area contributed by atoms with Crippen molar-refractivity contribution < 1.29 is 19.1 Å². The number of methoxy groups -OCH3 is 2. The zero-order valence-electron chi connectivity index (χ0n) is 12.0. The standard InChI is InChI=1S/C17H16O4/c1-5-11-17(15(18)20-3,16(19)21-4)12-14-10-8-7-9-13(14)6-2/h1-2,7-10H,11-12H2,3-4H3. The summed E-state index contributed by atoms with van der Waals surface area (Å²) in [5, 5.41) is 0. The average molecular weight is 284 g/mol. The molecule has 1 aromatic rings. The predicted octanol–water partition coefficient (Wildman–Crippen LogP) is 1.57. The van der Waals surface area contributed by atoms with Gasteiger partial charge in [-0.1, -0.05) is 24.1 Å². The molecule has 0 atom stereocenters. The largest absolute Gasteiger partial charge is 0.468 e. The van der Waals surface area contributed by atoms with Gasteiger partial charge in [0.05, 0.1) is 14.2 Å². The van der Waals surface area contributed by atoms with E-state index in [9.17, 15) is 9.59 Å². The van der Waals surface area contributed by atoms with Crippen molar-refractivity contribution in [2.45, 2.75) is 12.8 Å². The third kappa shape index (κ3) is 3.24. The summed E-state index contributed by atoms with van der Waals surface area (Å²) in [5.74, 6) is 3.39. The predicted molar refractivity (Wildman–Crippen MR) is 78.0 cm³/mol. The molecular formula is C17H16O4. The number of hydrogen-bond donors (Lipinski definition) is 0. The SMILES string of the molecule is C#CCC(Cc1ccccc1C#C)(C(=O)OC)C(=O)OC. The van der Waals surface area contributed by atoms with Gasteiger partial charge in [0.1, 0.15) is 0 Å². The molecule has 0 radical (unpaired) electrons. The molecule has 0 heterocycles. The Bertz CT molecular complexity index is 600. The molecule has 108 valence electrons. The molecule has 0 spiro atoms. The first-order valence-electron chi connectivity index (χ1n) is 6.20. The number of esters is 2. The topological polar surface area (TPSA) is 52.6 Å². The van der Waals surface area contributed by atoms with Crippen LogP contribution in [0.3, 0.4) is 0 Å². The van der Waals surface area contributed by atoms with Crippen LogP contribution >= 0.6 is 0 Å². The summed E-state index contributed by atoms with van der Waals surface area (Å²) >= 11 is 0. The van der Waals surface area contributed by atoms with Crippen molar-refractivity contribution in [3.63, 3.8) is 0 Å². The molecule has 0 N–H and O–H groups in total. The molecule has 21 heavy (non-hydrogen) atoms. The van der Waals surface area contributed by atoms with Gasteiger partial charge in [0.2, 0.25) is 0 Å². The molecule has 0 saturated carbocycles. The van der Waals surface area contributed by atoms with Crippen molar-refractivity contribution in [1.29, 1.82) is 0 Å². The van der Waals surface area contributed by atoms with Gasteiger partial charge in [-0.15, -0.1) is 18.8 Å². The lowest BCUT2D eigenvalue weighted by Crippen LogP contribution is -2.43. The summed E-state index contributed by atoms with van der Waals surface area (Å²) in [5.41, 5.74) is -0.344. The highest BCUT2D eigenvalue weighted by Crippen LogP contribution is 2.31. The van der Waals surface area contributed by atoms with Crippen LogP contribution < -0.4 is 0 Å². The quantitative estimate of drug-likeness (QED) is 0.468. The van der Waals surface area contributed by atoms with Crippen molar-refractivity contribution >= 4 is 11.9 Å². The molecule has 1 rings (SSSR count). The number of hydrogen-bond acceptors (Lipinski definition) is 4. The van der Waals surface area contributed by atoms with Crippen molar-refractivity contribution in [3.8, 4) is 24.7 Å². The van der Waals surface area contributed by atoms with E-state index in [0.717, 1.165) is 0 Å². The van der Waals surface area contributed by atoms with Gasteiger partial charge in [-0.25, -0.2) is 0 Å². The normalized spacial score (nSPS) is 10.1. The van der Waals surface area contributed by atoms with Crippen LogP contribution in [-0.2, 0) is 25.5 Å². The molecule has 0 amide bonds. The van der Waals surface area contributed by atoms with Gasteiger partial charge in [0, 0.05) is 18.4 Å². The number of terminal acetylenes is 2. The van der Waals surface area contributed by atoms with Gasteiger partial charge < -0.3 is 9.47 Å². The van der Waals surface area contributed by atoms with E-state index in [0.29, 0.717) is 11.1 Å². The smallest absolute Gasteiger partial charge is 0.324 e. The molecule has 0 bridgehead atoms. The van der Waals surface area contributed by atoms with Gasteiger partial charge in [-0.05, 0) is 11.6 Å². The van der Waals surface area contributed by atoms with Gasteiger partial charge in [0.15, 0.2) is 5.41 Å². The summed E-state index contributed by atoms with van der Waals surface area (Å²) in [4.78, 5) is 24.3. The van der Waals surface area contributed by atoms with Crippen LogP contribution in [0, 0.1) is 30.1 Å². The molecule has 0 saturated heterocycles. The second-order valence-electron chi connectivity index (χ2n) is 4.42. The molecule has 4 heteroatoms. The lowest BCUT2D eigenvalue weighted by Gasteiger charge is -2.26. The van der Waals surface area contributed by atoms with Gasteiger partial charge >= 0.3 is 11.9 Å². The highest BCUT2D eigenvalue weighted by atomic mass is 16.5. The Kier molecular flexibility index (Phi) is 5.57. The molecule has 0 fully saturated rings. The Labute approximate surface area is 124 Å². The van der Waals surface area contributed by atoms with Crippen molar-refractivity contribution in [2.75, 3.05) is 14.2 Å². The van der Waals surface area contributed by atoms with E-state index in [2.05, 4.69) is 11.8 Å². The Morgan fingerprint density at radius 2 is 1.71 bits per heavy atom. The van der Waals surface area contributed by atoms with Crippen LogP contribution in [0.4, 0.5) is 0 Å². The summed E-state index contributed by atoms with van der Waals surface area (Å²) < 4.78 is 9.50. The van der Waals surface area contributed by atoms with Crippen LogP contribution in [0.5, 0.6) is 0 Å². The van der Waals surface area contributed by atoms with E-state index in [4.69, 9.17) is 22.3 Å². The fourth-order valence-corrected chi connectivity index (χ4v) is 2.14. The molecule has 0 aromatic heterocycles. The zero-order chi connectivity index (χ0) is 15.9. The Morgan fingerprint density at radius 1 is 1.14 bits per heavy atom. The lowest BCUT2D eigenvalue weighted by atomic mass is 9.78. The number of carbonyl (C=O) groups is 2. The average Bonchev–Trinajstić information content (AvgIpc) is 2.53. The first-order valence-corrected chi connectivity index (χ1v) is 6.20. The highest BCUT2D eigenvalue weighted by molar-refractivity contribution is 6.00. The van der Waals surface area contributed by atoms with E-state index in [-0.39, 0.29) is 12.8 Å². The van der Waals surface area contributed by atoms with Crippen molar-refractivity contribution in [3.05, 3.63) is 35.4 Å². The molecule has 0 unspecified atom stereocenters. The van der Waals surface area contributed by atoms with Gasteiger partial charge in [0.25, 0.3) is 0 Å². The van der Waals surface area contributed by atoms with Crippen LogP contribution in [0.1, 0.15) is 17.5 Å². The maximum atomic E-state index is 12.2. The van der Waals surface area contributed by atoms with Crippen LogP contribution in [0.2, 0.25) is 0 Å². The van der Waals surface area contributed by atoms with Gasteiger partial charge in [-0.2, -0.15) is 0 Å². The van der Waals surface area contributed by atoms with E-state index in [1.54, 1.807) is 24.3 Å². The molecule has 0 aliphatic rings. The highest BCUT2D eigenvalue weighted by Gasteiger charge is 2.48. The third-order valence-electron chi connectivity index (χ3n) is 3.22. The second-order valence-corrected chi connectivity index (χ2v) is 4.42. The second kappa shape index (κ2) is 7.17. The fourth-order valence-electron chi connectivity index (χ4n) is 2.14. The lowest BCUT2D eigenvalue weighted by molar-refractivity contribution is -0.168. The molecule has 4 nitrogen and oxygen atoms in total. The number of benzene rings is 1. The van der Waals surface area contributed by atoms with Gasteiger partial charge in [-0.3, -0.25) is 9.59 Å². The van der Waals surface area contributed by atoms with E-state index >= 15 is 0 Å². The van der Waals surface area contributed by atoms with Crippen molar-refractivity contribution in [2.24, 2.45) is 5.41 Å². The summed E-state index contributed by atoms with van der Waals surface area (Å²) in [7, 11) is 2.40. The molecule has 0 aliphatic carbocycles. The van der Waals surface area contributed by atoms with Crippen LogP contribution in [0.25, 0.3) is 0 Å². The van der Waals surface area contributed by atoms with Crippen molar-refractivity contribution in [1.82, 2.24) is 0 Å². The minimum atomic E-state index is -1.59. The number of rotatable bonds is 5. The number of ether oxygens (including phenoxy) is 2. The molecule has 0 aliphatic heterocycles. The number of carbonyl (C=O) groups excluding carboxylic acids is 2. The Balaban J connectivity index is 3.37. The van der Waals surface area contributed by atoms with Crippen LogP contribution in [0.15, 0.2) is 24.3 Å². The van der Waals surface area contributed by atoms with E-state index in [1.807, 2.05) is 0 Å². The third-order valence-corrected chi connectivity index (χ3v) is 3.22. The summed E-state index contributed by atoms with van der Waals surface area (Å²) in [6.07, 6.45) is 10.6. The Hall–Kier alpha value is -2.72. The maximum absolute atomic E-state index is 12.2. The molecular weight excluding hydrogens is 268 g/mol. The first-order chi connectivity index (χ1) is 10.1. The van der Waals surface area contributed by atoms with E-state index in [1.165, 1.54) is 14.2 Å². The zero-order valence-corrected chi connectivity index (χ0v) is 12.0. The maximum Gasteiger partial charge on any atom is 0.324 e.